The summed E-state index contributed by atoms with van der Waals surface area (Å²) in [5.41, 5.74) is 6.04. The van der Waals surface area contributed by atoms with Crippen molar-refractivity contribution in [2.75, 3.05) is 6.54 Å². The SMILES string of the molecule is CCCCCCCCCCCCCCCC(CN)CCCCCCCCCCCC. The van der Waals surface area contributed by atoms with Gasteiger partial charge in [-0.3, -0.25) is 0 Å². The first-order valence-electron chi connectivity index (χ1n) is 14.5. The first kappa shape index (κ1) is 30.0. The molecular formula is C29H61N. The summed E-state index contributed by atoms with van der Waals surface area (Å²) in [6.45, 7) is 5.51. The van der Waals surface area contributed by atoms with Crippen LogP contribution in [-0.4, -0.2) is 6.54 Å². The summed E-state index contributed by atoms with van der Waals surface area (Å²) in [7, 11) is 0. The summed E-state index contributed by atoms with van der Waals surface area (Å²) in [4.78, 5) is 0. The predicted octanol–water partition coefficient (Wildman–Crippen LogP) is 10.4. The Kier molecular flexibility index (Phi) is 27.0. The fourth-order valence-electron chi connectivity index (χ4n) is 4.75. The maximum Gasteiger partial charge on any atom is -0.00489 e. The van der Waals surface area contributed by atoms with E-state index in [9.17, 15) is 0 Å². The van der Waals surface area contributed by atoms with Gasteiger partial charge >= 0.3 is 0 Å². The molecule has 30 heavy (non-hydrogen) atoms. The number of unbranched alkanes of at least 4 members (excludes halogenated alkanes) is 21. The van der Waals surface area contributed by atoms with E-state index in [1.54, 1.807) is 0 Å². The van der Waals surface area contributed by atoms with Gasteiger partial charge in [-0.2, -0.15) is 0 Å². The van der Waals surface area contributed by atoms with Crippen LogP contribution in [0.2, 0.25) is 0 Å². The second-order valence-corrected chi connectivity index (χ2v) is 10.1. The molecule has 0 fully saturated rings. The molecule has 2 N–H and O–H groups in total. The fourth-order valence-corrected chi connectivity index (χ4v) is 4.75. The maximum absolute atomic E-state index is 6.04. The third-order valence-electron chi connectivity index (χ3n) is 7.02. The number of nitrogens with two attached hydrogens (primary N) is 1. The zero-order valence-corrected chi connectivity index (χ0v) is 21.5. The summed E-state index contributed by atoms with van der Waals surface area (Å²) in [5.74, 6) is 0.798. The third-order valence-corrected chi connectivity index (χ3v) is 7.02. The van der Waals surface area contributed by atoms with Crippen LogP contribution in [0.4, 0.5) is 0 Å². The zero-order valence-electron chi connectivity index (χ0n) is 21.5. The van der Waals surface area contributed by atoms with Crippen molar-refractivity contribution in [1.82, 2.24) is 0 Å². The van der Waals surface area contributed by atoms with Gasteiger partial charge in [-0.25, -0.2) is 0 Å². The highest BCUT2D eigenvalue weighted by Gasteiger charge is 2.06. The van der Waals surface area contributed by atoms with Crippen LogP contribution in [0, 0.1) is 5.92 Å². The van der Waals surface area contributed by atoms with Gasteiger partial charge < -0.3 is 5.73 Å². The van der Waals surface area contributed by atoms with Crippen molar-refractivity contribution >= 4 is 0 Å². The van der Waals surface area contributed by atoms with Crippen molar-refractivity contribution in [2.24, 2.45) is 11.7 Å². The molecule has 0 bridgehead atoms. The minimum absolute atomic E-state index is 0.798. The topological polar surface area (TPSA) is 26.0 Å². The molecular weight excluding hydrogens is 362 g/mol. The largest absolute Gasteiger partial charge is 0.330 e. The molecule has 1 unspecified atom stereocenters. The smallest absolute Gasteiger partial charge is 0.00489 e. The van der Waals surface area contributed by atoms with Crippen LogP contribution in [0.15, 0.2) is 0 Å². The Hall–Kier alpha value is -0.0400. The van der Waals surface area contributed by atoms with Crippen LogP contribution in [0.5, 0.6) is 0 Å². The second kappa shape index (κ2) is 27.0. The Morgan fingerprint density at radius 3 is 0.833 bits per heavy atom. The lowest BCUT2D eigenvalue weighted by Gasteiger charge is -2.14. The van der Waals surface area contributed by atoms with E-state index in [2.05, 4.69) is 13.8 Å². The lowest BCUT2D eigenvalue weighted by atomic mass is 9.94. The van der Waals surface area contributed by atoms with Gasteiger partial charge in [0.2, 0.25) is 0 Å². The quantitative estimate of drug-likeness (QED) is 0.137. The van der Waals surface area contributed by atoms with Crippen molar-refractivity contribution in [2.45, 2.75) is 174 Å². The molecule has 0 aromatic carbocycles. The number of rotatable bonds is 26. The van der Waals surface area contributed by atoms with Gasteiger partial charge in [0, 0.05) is 0 Å². The molecule has 0 amide bonds. The highest BCUT2D eigenvalue weighted by molar-refractivity contribution is 4.61. The van der Waals surface area contributed by atoms with E-state index in [1.165, 1.54) is 161 Å². The number of hydrogen-bond acceptors (Lipinski definition) is 1. The van der Waals surface area contributed by atoms with Crippen LogP contribution in [0.25, 0.3) is 0 Å². The normalized spacial score (nSPS) is 12.5. The van der Waals surface area contributed by atoms with Gasteiger partial charge in [-0.15, -0.1) is 0 Å². The van der Waals surface area contributed by atoms with Gasteiger partial charge in [-0.1, -0.05) is 162 Å². The van der Waals surface area contributed by atoms with Crippen molar-refractivity contribution < 1.29 is 0 Å². The van der Waals surface area contributed by atoms with Crippen molar-refractivity contribution in [3.8, 4) is 0 Å². The standard InChI is InChI=1S/C29H61N/c1-3-5-7-9-11-13-15-16-17-19-21-23-25-27-29(28-30)26-24-22-20-18-14-12-10-8-6-4-2/h29H,3-28,30H2,1-2H3. The molecule has 0 rings (SSSR count). The lowest BCUT2D eigenvalue weighted by Crippen LogP contribution is -2.14. The van der Waals surface area contributed by atoms with Gasteiger partial charge in [0.25, 0.3) is 0 Å². The van der Waals surface area contributed by atoms with E-state index in [4.69, 9.17) is 5.73 Å². The molecule has 1 atom stereocenters. The molecule has 0 aliphatic rings. The zero-order chi connectivity index (χ0) is 22.0. The van der Waals surface area contributed by atoms with E-state index < -0.39 is 0 Å². The summed E-state index contributed by atoms with van der Waals surface area (Å²) in [6, 6.07) is 0. The summed E-state index contributed by atoms with van der Waals surface area (Å²) >= 11 is 0. The van der Waals surface area contributed by atoms with E-state index in [0.717, 1.165) is 12.5 Å². The molecule has 0 spiro atoms. The maximum atomic E-state index is 6.04. The summed E-state index contributed by atoms with van der Waals surface area (Å²) < 4.78 is 0. The molecule has 0 saturated heterocycles. The van der Waals surface area contributed by atoms with Crippen molar-refractivity contribution in [1.29, 1.82) is 0 Å². The number of hydrogen-bond donors (Lipinski definition) is 1. The Balaban J connectivity index is 3.26. The van der Waals surface area contributed by atoms with E-state index >= 15 is 0 Å². The molecule has 0 aromatic heterocycles. The van der Waals surface area contributed by atoms with Crippen LogP contribution >= 0.6 is 0 Å². The second-order valence-electron chi connectivity index (χ2n) is 10.1. The average molecular weight is 424 g/mol. The van der Waals surface area contributed by atoms with E-state index in [-0.39, 0.29) is 0 Å². The molecule has 182 valence electrons. The Morgan fingerprint density at radius 1 is 0.367 bits per heavy atom. The Bertz CT molecular complexity index is 288. The first-order valence-corrected chi connectivity index (χ1v) is 14.5. The van der Waals surface area contributed by atoms with Gasteiger partial charge in [0.1, 0.15) is 0 Å². The summed E-state index contributed by atoms with van der Waals surface area (Å²) in [6.07, 6.45) is 36.0. The van der Waals surface area contributed by atoms with Crippen molar-refractivity contribution in [3.63, 3.8) is 0 Å². The van der Waals surface area contributed by atoms with Crippen LogP contribution in [0.1, 0.15) is 174 Å². The minimum atomic E-state index is 0.798. The highest BCUT2D eigenvalue weighted by Crippen LogP contribution is 2.19. The molecule has 0 aliphatic carbocycles. The van der Waals surface area contributed by atoms with Gasteiger partial charge in [-0.05, 0) is 25.3 Å². The Labute approximate surface area is 192 Å². The van der Waals surface area contributed by atoms with Crippen LogP contribution < -0.4 is 5.73 Å². The molecule has 1 nitrogen and oxygen atoms in total. The minimum Gasteiger partial charge on any atom is -0.330 e. The Morgan fingerprint density at radius 2 is 0.600 bits per heavy atom. The molecule has 1 heteroatoms. The van der Waals surface area contributed by atoms with Crippen molar-refractivity contribution in [3.05, 3.63) is 0 Å². The van der Waals surface area contributed by atoms with Crippen LogP contribution in [0.3, 0.4) is 0 Å². The first-order chi connectivity index (χ1) is 14.8. The molecule has 0 heterocycles. The summed E-state index contributed by atoms with van der Waals surface area (Å²) in [5, 5.41) is 0. The monoisotopic (exact) mass is 423 g/mol. The van der Waals surface area contributed by atoms with E-state index in [1.807, 2.05) is 0 Å². The predicted molar refractivity (Wildman–Crippen MR) is 139 cm³/mol. The molecule has 0 aliphatic heterocycles. The average Bonchev–Trinajstić information content (AvgIpc) is 2.76. The highest BCUT2D eigenvalue weighted by atomic mass is 14.5. The lowest BCUT2D eigenvalue weighted by molar-refractivity contribution is 0.409. The van der Waals surface area contributed by atoms with Gasteiger partial charge in [0.15, 0.2) is 0 Å². The third kappa shape index (κ3) is 24.2. The molecule has 0 aromatic rings. The van der Waals surface area contributed by atoms with Gasteiger partial charge in [0.05, 0.1) is 0 Å². The fraction of sp³-hybridized carbons (Fsp3) is 1.00. The molecule has 0 saturated carbocycles. The molecule has 0 radical (unpaired) electrons. The van der Waals surface area contributed by atoms with E-state index in [0.29, 0.717) is 0 Å². The van der Waals surface area contributed by atoms with Crippen LogP contribution in [-0.2, 0) is 0 Å².